The highest BCUT2D eigenvalue weighted by molar-refractivity contribution is 9.10. The number of hydrogen-bond donors (Lipinski definition) is 1. The highest BCUT2D eigenvalue weighted by atomic mass is 79.9. The Morgan fingerprint density at radius 2 is 1.93 bits per heavy atom. The Labute approximate surface area is 92.2 Å². The van der Waals surface area contributed by atoms with Crippen molar-refractivity contribution in [2.45, 2.75) is 0 Å². The lowest BCUT2D eigenvalue weighted by atomic mass is 10.1. The third-order valence-corrected chi connectivity index (χ3v) is 2.44. The van der Waals surface area contributed by atoms with Crippen LogP contribution in [-0.2, 0) is 0 Å². The molecule has 0 fully saturated rings. The number of benzene rings is 1. The molecule has 2 N–H and O–H groups in total. The summed E-state index contributed by atoms with van der Waals surface area (Å²) in [6.45, 7) is 0. The van der Waals surface area contributed by atoms with Gasteiger partial charge < -0.3 is 5.73 Å². The van der Waals surface area contributed by atoms with Gasteiger partial charge in [-0.1, -0.05) is 15.9 Å². The monoisotopic (exact) mass is 257 g/mol. The van der Waals surface area contributed by atoms with Gasteiger partial charge in [-0.25, -0.2) is 0 Å². The summed E-state index contributed by atoms with van der Waals surface area (Å²) in [5, 5.41) is 0. The molecule has 0 atom stereocenters. The first-order valence-corrected chi connectivity index (χ1v) is 5.03. The molecule has 0 aliphatic carbocycles. The van der Waals surface area contributed by atoms with Crippen molar-refractivity contribution in [1.82, 2.24) is 4.48 Å². The van der Waals surface area contributed by atoms with E-state index in [9.17, 15) is 4.79 Å². The van der Waals surface area contributed by atoms with Gasteiger partial charge >= 0.3 is 0 Å². The van der Waals surface area contributed by atoms with Crippen LogP contribution in [-0.4, -0.2) is 27.1 Å². The van der Waals surface area contributed by atoms with Crippen LogP contribution in [0.3, 0.4) is 0 Å². The van der Waals surface area contributed by atoms with Crippen molar-refractivity contribution in [3.05, 3.63) is 28.2 Å². The van der Waals surface area contributed by atoms with Gasteiger partial charge in [-0.15, -0.1) is 0 Å². The predicted molar refractivity (Wildman–Crippen MR) is 62.2 cm³/mol. The normalized spacial score (nSPS) is 11.4. The van der Waals surface area contributed by atoms with Crippen molar-refractivity contribution in [2.24, 2.45) is 5.73 Å². The molecule has 3 nitrogen and oxygen atoms in total. The molecule has 0 saturated carbocycles. The molecule has 0 saturated heterocycles. The molecule has 1 amide bonds. The molecule has 1 rings (SSSR count). The molecule has 14 heavy (non-hydrogen) atoms. The zero-order valence-corrected chi connectivity index (χ0v) is 10.1. The minimum atomic E-state index is -0.388. The number of rotatable bonds is 2. The number of quaternary nitrogens is 1. The Bertz CT molecular complexity index is 369. The summed E-state index contributed by atoms with van der Waals surface area (Å²) in [6, 6.07) is 5.48. The van der Waals surface area contributed by atoms with Crippen LogP contribution in [0.2, 0.25) is 0 Å². The number of hydrogen-bond acceptors (Lipinski definition) is 1. The van der Waals surface area contributed by atoms with E-state index in [-0.39, 0.29) is 5.91 Å². The van der Waals surface area contributed by atoms with Crippen LogP contribution in [0.25, 0.3) is 0 Å². The second kappa shape index (κ2) is 3.71. The molecular weight excluding hydrogens is 244 g/mol. The average Bonchev–Trinajstić information content (AvgIpc) is 2.01. The third-order valence-electron chi connectivity index (χ3n) is 1.95. The lowest BCUT2D eigenvalue weighted by Gasteiger charge is -2.25. The molecule has 0 spiro atoms. The Kier molecular flexibility index (Phi) is 2.97. The maximum Gasteiger partial charge on any atom is 0.254 e. The molecular formula is C10H14BrN2O+. The van der Waals surface area contributed by atoms with Gasteiger partial charge in [-0.3, -0.25) is 9.28 Å². The summed E-state index contributed by atoms with van der Waals surface area (Å²) in [7, 11) is 5.98. The summed E-state index contributed by atoms with van der Waals surface area (Å²) in [5.41, 5.74) is 6.78. The molecule has 0 aromatic heterocycles. The van der Waals surface area contributed by atoms with E-state index in [1.54, 1.807) is 6.07 Å². The zero-order valence-electron chi connectivity index (χ0n) is 8.54. The predicted octanol–water partition coefficient (Wildman–Crippen LogP) is 1.74. The van der Waals surface area contributed by atoms with E-state index >= 15 is 0 Å². The average molecular weight is 258 g/mol. The first kappa shape index (κ1) is 11.2. The van der Waals surface area contributed by atoms with Crippen molar-refractivity contribution in [3.63, 3.8) is 0 Å². The number of carbonyl (C=O) groups excluding carboxylic acids is 1. The first-order chi connectivity index (χ1) is 6.32. The highest BCUT2D eigenvalue weighted by Gasteiger charge is 2.20. The van der Waals surface area contributed by atoms with Gasteiger partial charge in [0.25, 0.3) is 5.91 Å². The van der Waals surface area contributed by atoms with E-state index in [1.807, 2.05) is 33.3 Å². The first-order valence-electron chi connectivity index (χ1n) is 4.24. The molecule has 4 heteroatoms. The highest BCUT2D eigenvalue weighted by Crippen LogP contribution is 2.26. The van der Waals surface area contributed by atoms with Crippen molar-refractivity contribution in [1.29, 1.82) is 0 Å². The molecule has 0 heterocycles. The number of carbonyl (C=O) groups is 1. The standard InChI is InChI=1S/C10H13BrN2O/c1-13(2,3)9-6-7(11)4-5-8(9)10(12)14/h4-6H,1-3H3,(H-,12,14)/p+1. The smallest absolute Gasteiger partial charge is 0.254 e. The minimum absolute atomic E-state index is 0.388. The van der Waals surface area contributed by atoms with Crippen LogP contribution in [0.15, 0.2) is 22.7 Å². The van der Waals surface area contributed by atoms with Gasteiger partial charge in [0.15, 0.2) is 0 Å². The molecule has 0 aliphatic rings. The maximum absolute atomic E-state index is 11.2. The summed E-state index contributed by atoms with van der Waals surface area (Å²) in [5.74, 6) is -0.388. The van der Waals surface area contributed by atoms with Gasteiger partial charge in [0.05, 0.1) is 21.1 Å². The second-order valence-corrected chi connectivity index (χ2v) is 4.95. The fraction of sp³-hybridized carbons (Fsp3) is 0.300. The maximum atomic E-state index is 11.2. The summed E-state index contributed by atoms with van der Waals surface area (Å²) in [4.78, 5) is 11.2. The van der Waals surface area contributed by atoms with E-state index in [4.69, 9.17) is 5.73 Å². The molecule has 76 valence electrons. The van der Waals surface area contributed by atoms with Crippen LogP contribution in [0, 0.1) is 0 Å². The van der Waals surface area contributed by atoms with E-state index in [2.05, 4.69) is 15.9 Å². The number of halogens is 1. The lowest BCUT2D eigenvalue weighted by Crippen LogP contribution is -2.37. The quantitative estimate of drug-likeness (QED) is 0.807. The fourth-order valence-electron chi connectivity index (χ4n) is 1.27. The Morgan fingerprint density at radius 1 is 1.36 bits per heavy atom. The lowest BCUT2D eigenvalue weighted by molar-refractivity contribution is 0.0999. The van der Waals surface area contributed by atoms with Crippen LogP contribution in [0.4, 0.5) is 5.69 Å². The topological polar surface area (TPSA) is 43.1 Å². The van der Waals surface area contributed by atoms with E-state index < -0.39 is 0 Å². The SMILES string of the molecule is C[N+](C)(C)c1cc(Br)ccc1C(N)=O. The van der Waals surface area contributed by atoms with Crippen LogP contribution in [0.1, 0.15) is 10.4 Å². The number of amides is 1. The largest absolute Gasteiger partial charge is 0.365 e. The van der Waals surface area contributed by atoms with Crippen LogP contribution < -0.4 is 10.2 Å². The Balaban J connectivity index is 3.38. The van der Waals surface area contributed by atoms with Crippen molar-refractivity contribution < 1.29 is 4.79 Å². The summed E-state index contributed by atoms with van der Waals surface area (Å²) < 4.78 is 1.52. The fourth-order valence-corrected chi connectivity index (χ4v) is 1.62. The number of nitrogens with two attached hydrogens (primary N) is 1. The third kappa shape index (κ3) is 2.33. The van der Waals surface area contributed by atoms with Crippen LogP contribution >= 0.6 is 15.9 Å². The van der Waals surface area contributed by atoms with Crippen molar-refractivity contribution >= 4 is 27.5 Å². The number of nitrogens with zero attached hydrogens (tertiary/aromatic N) is 1. The molecule has 1 aromatic rings. The molecule has 0 aliphatic heterocycles. The van der Waals surface area contributed by atoms with Gasteiger partial charge in [-0.2, -0.15) is 0 Å². The Morgan fingerprint density at radius 3 is 2.36 bits per heavy atom. The minimum Gasteiger partial charge on any atom is -0.365 e. The summed E-state index contributed by atoms with van der Waals surface area (Å²) in [6.07, 6.45) is 0. The Hall–Kier alpha value is -0.870. The van der Waals surface area contributed by atoms with Crippen LogP contribution in [0.5, 0.6) is 0 Å². The summed E-state index contributed by atoms with van der Waals surface area (Å²) >= 11 is 3.38. The van der Waals surface area contributed by atoms with Crippen molar-refractivity contribution in [2.75, 3.05) is 21.1 Å². The molecule has 0 bridgehead atoms. The van der Waals surface area contributed by atoms with Gasteiger partial charge in [0.2, 0.25) is 0 Å². The van der Waals surface area contributed by atoms with Crippen molar-refractivity contribution in [3.8, 4) is 0 Å². The van der Waals surface area contributed by atoms with Gasteiger partial charge in [0, 0.05) is 10.5 Å². The van der Waals surface area contributed by atoms with Gasteiger partial charge in [-0.05, 0) is 12.1 Å². The van der Waals surface area contributed by atoms with Gasteiger partial charge in [0.1, 0.15) is 11.3 Å². The number of primary amides is 1. The second-order valence-electron chi connectivity index (χ2n) is 4.04. The zero-order chi connectivity index (χ0) is 10.9. The van der Waals surface area contributed by atoms with E-state index in [1.165, 1.54) is 0 Å². The molecule has 1 aromatic carbocycles. The molecule has 0 unspecified atom stereocenters. The van der Waals surface area contributed by atoms with E-state index in [0.717, 1.165) is 10.2 Å². The molecule has 0 radical (unpaired) electrons. The van der Waals surface area contributed by atoms with E-state index in [0.29, 0.717) is 10.0 Å².